The fourth-order valence-corrected chi connectivity index (χ4v) is 1.38. The van der Waals surface area contributed by atoms with Crippen molar-refractivity contribution in [2.24, 2.45) is 5.41 Å². The predicted molar refractivity (Wildman–Crippen MR) is 74.4 cm³/mol. The summed E-state index contributed by atoms with van der Waals surface area (Å²) in [5.74, 6) is 0. The predicted octanol–water partition coefficient (Wildman–Crippen LogP) is 1.70. The van der Waals surface area contributed by atoms with E-state index in [1.54, 1.807) is 0 Å². The van der Waals surface area contributed by atoms with E-state index in [0.717, 1.165) is 6.42 Å². The number of hydrogen-bond donors (Lipinski definition) is 4. The lowest BCUT2D eigenvalue weighted by molar-refractivity contribution is 0.00304. The summed E-state index contributed by atoms with van der Waals surface area (Å²) >= 11 is 0. The largest absolute Gasteiger partial charge is 0.396 e. The van der Waals surface area contributed by atoms with E-state index in [2.05, 4.69) is 6.92 Å². The van der Waals surface area contributed by atoms with Gasteiger partial charge in [-0.1, -0.05) is 46.0 Å². The van der Waals surface area contributed by atoms with Crippen molar-refractivity contribution < 1.29 is 20.4 Å². The fourth-order valence-electron chi connectivity index (χ4n) is 1.38. The van der Waals surface area contributed by atoms with E-state index in [0.29, 0.717) is 13.0 Å². The monoisotopic (exact) mass is 264 g/mol. The molecule has 0 heterocycles. The van der Waals surface area contributed by atoms with Crippen molar-refractivity contribution in [3.8, 4) is 0 Å². The molecule has 0 amide bonds. The molecule has 0 aromatic rings. The minimum Gasteiger partial charge on any atom is -0.396 e. The van der Waals surface area contributed by atoms with Crippen LogP contribution in [0.4, 0.5) is 0 Å². The van der Waals surface area contributed by atoms with Gasteiger partial charge in [-0.2, -0.15) is 0 Å². The molecule has 4 heteroatoms. The number of hydrogen-bond acceptors (Lipinski definition) is 4. The Bertz CT molecular complexity index is 123. The Labute approximate surface area is 112 Å². The molecule has 0 aliphatic carbocycles. The molecule has 18 heavy (non-hydrogen) atoms. The van der Waals surface area contributed by atoms with Crippen LogP contribution in [0.3, 0.4) is 0 Å². The van der Waals surface area contributed by atoms with E-state index in [4.69, 9.17) is 20.4 Å². The van der Waals surface area contributed by atoms with E-state index in [9.17, 15) is 0 Å². The van der Waals surface area contributed by atoms with Crippen LogP contribution < -0.4 is 0 Å². The third kappa shape index (κ3) is 11.0. The van der Waals surface area contributed by atoms with Gasteiger partial charge in [-0.05, 0) is 12.8 Å². The highest BCUT2D eigenvalue weighted by atomic mass is 16.3. The lowest BCUT2D eigenvalue weighted by atomic mass is 9.88. The zero-order valence-corrected chi connectivity index (χ0v) is 12.1. The van der Waals surface area contributed by atoms with Gasteiger partial charge in [0, 0.05) is 12.0 Å². The third-order valence-corrected chi connectivity index (χ3v) is 3.27. The molecule has 0 saturated heterocycles. The average molecular weight is 264 g/mol. The van der Waals surface area contributed by atoms with Crippen molar-refractivity contribution in [1.29, 1.82) is 0 Å². The Morgan fingerprint density at radius 2 is 1.11 bits per heavy atom. The first-order valence-corrected chi connectivity index (χ1v) is 7.09. The van der Waals surface area contributed by atoms with E-state index in [-0.39, 0.29) is 19.8 Å². The van der Waals surface area contributed by atoms with Gasteiger partial charge >= 0.3 is 0 Å². The molecule has 0 aromatic carbocycles. The molecule has 0 aromatic heterocycles. The molecule has 0 radical (unpaired) electrons. The van der Waals surface area contributed by atoms with Crippen molar-refractivity contribution in [3.63, 3.8) is 0 Å². The average Bonchev–Trinajstić information content (AvgIpc) is 2.43. The van der Waals surface area contributed by atoms with Gasteiger partial charge in [0.15, 0.2) is 0 Å². The number of unbranched alkanes of at least 4 members (excludes halogenated alkanes) is 5. The van der Waals surface area contributed by atoms with Crippen molar-refractivity contribution in [2.75, 3.05) is 26.4 Å². The number of aliphatic hydroxyl groups excluding tert-OH is 4. The van der Waals surface area contributed by atoms with Gasteiger partial charge in [0.05, 0.1) is 19.8 Å². The highest BCUT2D eigenvalue weighted by Crippen LogP contribution is 2.18. The lowest BCUT2D eigenvalue weighted by Crippen LogP contribution is -2.32. The summed E-state index contributed by atoms with van der Waals surface area (Å²) in [6, 6.07) is 0. The highest BCUT2D eigenvalue weighted by Gasteiger charge is 2.24. The topological polar surface area (TPSA) is 80.9 Å². The van der Waals surface area contributed by atoms with Gasteiger partial charge in [0.1, 0.15) is 0 Å². The molecule has 0 fully saturated rings. The maximum Gasteiger partial charge on any atom is 0.0531 e. The Morgan fingerprint density at radius 3 is 1.39 bits per heavy atom. The molecule has 0 aliphatic heterocycles. The van der Waals surface area contributed by atoms with Gasteiger partial charge < -0.3 is 20.4 Å². The molecule has 0 spiro atoms. The first-order valence-electron chi connectivity index (χ1n) is 7.09. The Balaban J connectivity index is 0. The maximum atomic E-state index is 8.66. The van der Waals surface area contributed by atoms with Crippen molar-refractivity contribution in [1.82, 2.24) is 0 Å². The molecule has 0 bridgehead atoms. The van der Waals surface area contributed by atoms with Crippen molar-refractivity contribution in [2.45, 2.75) is 58.8 Å². The van der Waals surface area contributed by atoms with Crippen molar-refractivity contribution >= 4 is 0 Å². The summed E-state index contributed by atoms with van der Waals surface area (Å²) in [7, 11) is 0. The van der Waals surface area contributed by atoms with Gasteiger partial charge in [-0.15, -0.1) is 0 Å². The van der Waals surface area contributed by atoms with E-state index >= 15 is 0 Å². The molecule has 0 aliphatic rings. The van der Waals surface area contributed by atoms with E-state index < -0.39 is 5.41 Å². The molecule has 4 nitrogen and oxygen atoms in total. The molecule has 112 valence electrons. The number of aliphatic hydroxyl groups is 4. The molecule has 4 N–H and O–H groups in total. The zero-order valence-electron chi connectivity index (χ0n) is 12.1. The van der Waals surface area contributed by atoms with Gasteiger partial charge in [-0.3, -0.25) is 0 Å². The standard InChI is InChI=1S/C8H18O.C6H14O3/c1-2-3-4-5-6-7-8-9;1-2-6(3-7,4-8)5-9/h9H,2-8H2,1H3;7-9H,2-5H2,1H3. The fraction of sp³-hybridized carbons (Fsp3) is 1.00. The van der Waals surface area contributed by atoms with Crippen LogP contribution in [0.5, 0.6) is 0 Å². The second kappa shape index (κ2) is 14.9. The summed E-state index contributed by atoms with van der Waals surface area (Å²) in [5.41, 5.74) is -0.667. The quantitative estimate of drug-likeness (QED) is 0.453. The minimum absolute atomic E-state index is 0.156. The lowest BCUT2D eigenvalue weighted by Gasteiger charge is -2.24. The number of rotatable bonds is 10. The van der Waals surface area contributed by atoms with Crippen LogP contribution in [0.15, 0.2) is 0 Å². The molecule has 0 rings (SSSR count). The first-order chi connectivity index (χ1) is 8.66. The molecule has 0 unspecified atom stereocenters. The smallest absolute Gasteiger partial charge is 0.0531 e. The second-order valence-corrected chi connectivity index (χ2v) is 4.82. The van der Waals surface area contributed by atoms with Crippen LogP contribution in [0.1, 0.15) is 58.8 Å². The van der Waals surface area contributed by atoms with Gasteiger partial charge in [0.2, 0.25) is 0 Å². The maximum absolute atomic E-state index is 8.66. The van der Waals surface area contributed by atoms with Gasteiger partial charge in [-0.25, -0.2) is 0 Å². The van der Waals surface area contributed by atoms with E-state index in [1.165, 1.54) is 32.1 Å². The summed E-state index contributed by atoms with van der Waals surface area (Å²) in [5, 5.41) is 34.4. The van der Waals surface area contributed by atoms with E-state index in [1.807, 2.05) is 6.92 Å². The molecule has 0 atom stereocenters. The normalized spacial score (nSPS) is 11.0. The summed E-state index contributed by atoms with van der Waals surface area (Å²) < 4.78 is 0. The molecule has 0 saturated carbocycles. The minimum atomic E-state index is -0.667. The Kier molecular flexibility index (Phi) is 16.7. The van der Waals surface area contributed by atoms with Crippen molar-refractivity contribution in [3.05, 3.63) is 0 Å². The third-order valence-electron chi connectivity index (χ3n) is 3.27. The van der Waals surface area contributed by atoms with Crippen LogP contribution in [0, 0.1) is 5.41 Å². The Morgan fingerprint density at radius 1 is 0.667 bits per heavy atom. The molecular formula is C14H32O4. The van der Waals surface area contributed by atoms with Crippen LogP contribution in [-0.2, 0) is 0 Å². The summed E-state index contributed by atoms with van der Waals surface area (Å²) in [6.45, 7) is 3.93. The SMILES string of the molecule is CCC(CO)(CO)CO.CCCCCCCCO. The van der Waals surface area contributed by atoms with Crippen LogP contribution >= 0.6 is 0 Å². The van der Waals surface area contributed by atoms with Crippen LogP contribution in [0.25, 0.3) is 0 Å². The summed E-state index contributed by atoms with van der Waals surface area (Å²) in [4.78, 5) is 0. The second-order valence-electron chi connectivity index (χ2n) is 4.82. The first kappa shape index (κ1) is 20.2. The Hall–Kier alpha value is -0.160. The zero-order chi connectivity index (χ0) is 14.3. The van der Waals surface area contributed by atoms with Gasteiger partial charge in [0.25, 0.3) is 0 Å². The molecular weight excluding hydrogens is 232 g/mol. The van der Waals surface area contributed by atoms with Crippen LogP contribution in [-0.4, -0.2) is 46.9 Å². The van der Waals surface area contributed by atoms with Crippen LogP contribution in [0.2, 0.25) is 0 Å². The summed E-state index contributed by atoms with van der Waals surface area (Å²) in [6.07, 6.45) is 8.09. The highest BCUT2D eigenvalue weighted by molar-refractivity contribution is 4.74.